The highest BCUT2D eigenvalue weighted by atomic mass is 16.5. The minimum atomic E-state index is 0.381. The Balaban J connectivity index is 1.83. The Morgan fingerprint density at radius 3 is 2.38 bits per heavy atom. The molecule has 96 valence electrons. The molecule has 1 rings (SSSR count). The van der Waals surface area contributed by atoms with E-state index in [-0.39, 0.29) is 0 Å². The zero-order chi connectivity index (χ0) is 12.0. The second kappa shape index (κ2) is 7.29. The Kier molecular flexibility index (Phi) is 6.37. The summed E-state index contributed by atoms with van der Waals surface area (Å²) in [5.74, 6) is 1.85. The molecule has 1 fully saturated rings. The van der Waals surface area contributed by atoms with Gasteiger partial charge in [-0.2, -0.15) is 0 Å². The molecule has 0 atom stereocenters. The smallest absolute Gasteiger partial charge is 0.0518 e. The third-order valence-electron chi connectivity index (χ3n) is 3.57. The van der Waals surface area contributed by atoms with E-state index in [0.717, 1.165) is 31.0 Å². The van der Waals surface area contributed by atoms with Crippen molar-refractivity contribution in [3.8, 4) is 0 Å². The fourth-order valence-electron chi connectivity index (χ4n) is 2.23. The zero-order valence-electron chi connectivity index (χ0n) is 11.5. The number of unbranched alkanes of at least 4 members (excludes halogenated alkanes) is 1. The van der Waals surface area contributed by atoms with Crippen LogP contribution in [0.5, 0.6) is 0 Å². The first-order valence-corrected chi connectivity index (χ1v) is 6.94. The molecule has 0 amide bonds. The molecule has 1 aliphatic rings. The van der Waals surface area contributed by atoms with Crippen LogP contribution in [0.2, 0.25) is 0 Å². The first kappa shape index (κ1) is 14.0. The fraction of sp³-hybridized carbons (Fsp3) is 1.00. The summed E-state index contributed by atoms with van der Waals surface area (Å²) in [6.45, 7) is 10.9. The van der Waals surface area contributed by atoms with Gasteiger partial charge in [-0.1, -0.05) is 13.8 Å². The molecule has 1 saturated carbocycles. The van der Waals surface area contributed by atoms with Gasteiger partial charge in [0.15, 0.2) is 0 Å². The highest BCUT2D eigenvalue weighted by Gasteiger charge is 2.30. The van der Waals surface area contributed by atoms with Crippen LogP contribution in [0.25, 0.3) is 0 Å². The second-order valence-corrected chi connectivity index (χ2v) is 5.75. The quantitative estimate of drug-likeness (QED) is 0.643. The zero-order valence-corrected chi connectivity index (χ0v) is 11.5. The van der Waals surface area contributed by atoms with E-state index in [1.807, 2.05) is 0 Å². The van der Waals surface area contributed by atoms with Gasteiger partial charge in [-0.25, -0.2) is 0 Å². The Hall–Kier alpha value is -0.0800. The van der Waals surface area contributed by atoms with Crippen LogP contribution in [-0.2, 0) is 4.74 Å². The molecule has 0 aliphatic heterocycles. The standard InChI is InChI=1S/C14H29NO/c1-11(2)13-9-14(10-13)15-7-5-6-8-16-12(3)4/h11-15H,5-10H2,1-4H3. The lowest BCUT2D eigenvalue weighted by Crippen LogP contribution is -2.43. The van der Waals surface area contributed by atoms with Gasteiger partial charge in [-0.05, 0) is 57.9 Å². The van der Waals surface area contributed by atoms with Crippen LogP contribution in [0.4, 0.5) is 0 Å². The average molecular weight is 227 g/mol. The van der Waals surface area contributed by atoms with Gasteiger partial charge in [-0.15, -0.1) is 0 Å². The third-order valence-corrected chi connectivity index (χ3v) is 3.57. The molecule has 0 radical (unpaired) electrons. The van der Waals surface area contributed by atoms with Crippen molar-refractivity contribution in [2.75, 3.05) is 13.2 Å². The van der Waals surface area contributed by atoms with Crippen molar-refractivity contribution in [2.24, 2.45) is 11.8 Å². The summed E-state index contributed by atoms with van der Waals surface area (Å²) in [6.07, 6.45) is 5.59. The summed E-state index contributed by atoms with van der Waals surface area (Å²) < 4.78 is 5.51. The van der Waals surface area contributed by atoms with Gasteiger partial charge in [0.2, 0.25) is 0 Å². The lowest BCUT2D eigenvalue weighted by molar-refractivity contribution is 0.0754. The molecule has 0 spiro atoms. The molecule has 2 heteroatoms. The molecule has 0 aromatic heterocycles. The summed E-state index contributed by atoms with van der Waals surface area (Å²) in [5, 5.41) is 3.64. The van der Waals surface area contributed by atoms with E-state index in [4.69, 9.17) is 4.74 Å². The van der Waals surface area contributed by atoms with E-state index in [9.17, 15) is 0 Å². The van der Waals surface area contributed by atoms with Crippen molar-refractivity contribution in [3.63, 3.8) is 0 Å². The molecule has 0 aromatic rings. The lowest BCUT2D eigenvalue weighted by atomic mass is 9.74. The maximum absolute atomic E-state index is 5.51. The van der Waals surface area contributed by atoms with Crippen molar-refractivity contribution < 1.29 is 4.74 Å². The molecule has 0 aromatic carbocycles. The third kappa shape index (κ3) is 5.31. The van der Waals surface area contributed by atoms with Crippen molar-refractivity contribution in [2.45, 2.75) is 65.5 Å². The predicted octanol–water partition coefficient (Wildman–Crippen LogP) is 3.22. The molecule has 0 bridgehead atoms. The fourth-order valence-corrected chi connectivity index (χ4v) is 2.23. The van der Waals surface area contributed by atoms with E-state index in [0.29, 0.717) is 6.10 Å². The summed E-state index contributed by atoms with van der Waals surface area (Å²) >= 11 is 0. The Morgan fingerprint density at radius 1 is 1.12 bits per heavy atom. The van der Waals surface area contributed by atoms with Gasteiger partial charge < -0.3 is 10.1 Å². The number of hydrogen-bond donors (Lipinski definition) is 1. The molecule has 1 aliphatic carbocycles. The predicted molar refractivity (Wildman–Crippen MR) is 69.7 cm³/mol. The van der Waals surface area contributed by atoms with Crippen LogP contribution in [0.15, 0.2) is 0 Å². The van der Waals surface area contributed by atoms with Crippen LogP contribution >= 0.6 is 0 Å². The molecule has 16 heavy (non-hydrogen) atoms. The molecular weight excluding hydrogens is 198 g/mol. The lowest BCUT2D eigenvalue weighted by Gasteiger charge is -2.38. The van der Waals surface area contributed by atoms with Crippen molar-refractivity contribution in [3.05, 3.63) is 0 Å². The van der Waals surface area contributed by atoms with Crippen LogP contribution in [0, 0.1) is 11.8 Å². The van der Waals surface area contributed by atoms with Gasteiger partial charge in [-0.3, -0.25) is 0 Å². The van der Waals surface area contributed by atoms with E-state index < -0.39 is 0 Å². The summed E-state index contributed by atoms with van der Waals surface area (Å²) in [6, 6.07) is 0.804. The van der Waals surface area contributed by atoms with Gasteiger partial charge >= 0.3 is 0 Å². The Labute approximate surface area is 101 Å². The highest BCUT2D eigenvalue weighted by molar-refractivity contribution is 4.86. The summed E-state index contributed by atoms with van der Waals surface area (Å²) in [5.41, 5.74) is 0. The SMILES string of the molecule is CC(C)OCCCCNC1CC(C(C)C)C1. The van der Waals surface area contributed by atoms with Crippen LogP contribution in [0.3, 0.4) is 0 Å². The van der Waals surface area contributed by atoms with Crippen LogP contribution in [0.1, 0.15) is 53.4 Å². The number of nitrogens with one attached hydrogen (secondary N) is 1. The molecule has 1 N–H and O–H groups in total. The van der Waals surface area contributed by atoms with E-state index >= 15 is 0 Å². The van der Waals surface area contributed by atoms with Crippen molar-refractivity contribution in [1.29, 1.82) is 0 Å². The molecule has 0 heterocycles. The number of rotatable bonds is 8. The van der Waals surface area contributed by atoms with Gasteiger partial charge in [0.05, 0.1) is 6.10 Å². The Morgan fingerprint density at radius 2 is 1.81 bits per heavy atom. The summed E-state index contributed by atoms with van der Waals surface area (Å²) in [4.78, 5) is 0. The van der Waals surface area contributed by atoms with Gasteiger partial charge in [0.25, 0.3) is 0 Å². The maximum Gasteiger partial charge on any atom is 0.0518 e. The first-order valence-electron chi connectivity index (χ1n) is 6.94. The Bertz CT molecular complexity index is 174. The molecule has 0 saturated heterocycles. The average Bonchev–Trinajstić information content (AvgIpc) is 2.12. The number of hydrogen-bond acceptors (Lipinski definition) is 2. The minimum Gasteiger partial charge on any atom is -0.379 e. The highest BCUT2D eigenvalue weighted by Crippen LogP contribution is 2.33. The molecular formula is C14H29NO. The molecule has 2 nitrogen and oxygen atoms in total. The van der Waals surface area contributed by atoms with Gasteiger partial charge in [0.1, 0.15) is 0 Å². The van der Waals surface area contributed by atoms with Crippen molar-refractivity contribution in [1.82, 2.24) is 5.32 Å². The normalized spacial score (nSPS) is 25.1. The number of ether oxygens (including phenoxy) is 1. The molecule has 0 unspecified atom stereocenters. The second-order valence-electron chi connectivity index (χ2n) is 5.75. The monoisotopic (exact) mass is 227 g/mol. The minimum absolute atomic E-state index is 0.381. The largest absolute Gasteiger partial charge is 0.379 e. The van der Waals surface area contributed by atoms with E-state index in [2.05, 4.69) is 33.0 Å². The first-order chi connectivity index (χ1) is 7.59. The van der Waals surface area contributed by atoms with Crippen LogP contribution in [-0.4, -0.2) is 25.3 Å². The maximum atomic E-state index is 5.51. The van der Waals surface area contributed by atoms with Crippen LogP contribution < -0.4 is 5.32 Å². The van der Waals surface area contributed by atoms with Crippen molar-refractivity contribution >= 4 is 0 Å². The topological polar surface area (TPSA) is 21.3 Å². The van der Waals surface area contributed by atoms with E-state index in [1.165, 1.54) is 25.7 Å². The van der Waals surface area contributed by atoms with Gasteiger partial charge in [0, 0.05) is 12.6 Å². The van der Waals surface area contributed by atoms with E-state index in [1.54, 1.807) is 0 Å². The summed E-state index contributed by atoms with van der Waals surface area (Å²) in [7, 11) is 0.